The predicted molar refractivity (Wildman–Crippen MR) is 54.8 cm³/mol. The van der Waals surface area contributed by atoms with E-state index < -0.39 is 6.29 Å². The number of nitrogens with zero attached hydrogens (tertiary/aromatic N) is 1. The molecule has 2 heterocycles. The maximum Gasteiger partial charge on any atom is 0.339 e. The molecular weight excluding hydrogens is 210 g/mol. The molecule has 1 saturated heterocycles. The van der Waals surface area contributed by atoms with Crippen LogP contribution in [0.2, 0.25) is 0 Å². The van der Waals surface area contributed by atoms with Gasteiger partial charge in [0.25, 0.3) is 0 Å². The molecule has 5 heteroatoms. The number of pyridine rings is 1. The maximum absolute atomic E-state index is 11.4. The highest BCUT2D eigenvalue weighted by atomic mass is 16.7. The van der Waals surface area contributed by atoms with Gasteiger partial charge in [-0.2, -0.15) is 0 Å². The van der Waals surface area contributed by atoms with Gasteiger partial charge in [-0.15, -0.1) is 0 Å². The van der Waals surface area contributed by atoms with E-state index >= 15 is 0 Å². The van der Waals surface area contributed by atoms with Gasteiger partial charge in [0.1, 0.15) is 0 Å². The summed E-state index contributed by atoms with van der Waals surface area (Å²) in [7, 11) is 0. The van der Waals surface area contributed by atoms with Gasteiger partial charge in [0.15, 0.2) is 0 Å². The Kier molecular flexibility index (Phi) is 3.48. The Morgan fingerprint density at radius 3 is 2.81 bits per heavy atom. The van der Waals surface area contributed by atoms with E-state index in [2.05, 4.69) is 4.98 Å². The first-order valence-corrected chi connectivity index (χ1v) is 5.17. The lowest BCUT2D eigenvalue weighted by Gasteiger charge is -2.08. The summed E-state index contributed by atoms with van der Waals surface area (Å²) in [6.07, 6.45) is 1.06. The number of aromatic nitrogens is 1. The Morgan fingerprint density at radius 1 is 1.50 bits per heavy atom. The molecule has 0 spiro atoms. The third-order valence-electron chi connectivity index (χ3n) is 2.16. The average molecular weight is 223 g/mol. The van der Waals surface area contributed by atoms with Gasteiger partial charge in [-0.25, -0.2) is 4.79 Å². The smallest absolute Gasteiger partial charge is 0.339 e. The fourth-order valence-electron chi connectivity index (χ4n) is 1.41. The lowest BCUT2D eigenvalue weighted by atomic mass is 10.2. The van der Waals surface area contributed by atoms with E-state index in [0.29, 0.717) is 31.1 Å². The molecule has 1 aromatic rings. The first-order valence-electron chi connectivity index (χ1n) is 5.17. The Hall–Kier alpha value is -1.46. The molecule has 0 amide bonds. The van der Waals surface area contributed by atoms with Crippen LogP contribution in [0.4, 0.5) is 0 Å². The number of carbonyl (C=O) groups is 1. The highest BCUT2D eigenvalue weighted by Gasteiger charge is 2.19. The second kappa shape index (κ2) is 5.05. The van der Waals surface area contributed by atoms with Crippen LogP contribution in [0.25, 0.3) is 0 Å². The quantitative estimate of drug-likeness (QED) is 0.723. The normalized spacial score (nSPS) is 16.3. The van der Waals surface area contributed by atoms with Crippen molar-refractivity contribution in [2.24, 2.45) is 0 Å². The molecule has 0 radical (unpaired) electrons. The largest absolute Gasteiger partial charge is 0.462 e. The summed E-state index contributed by atoms with van der Waals surface area (Å²) in [5, 5.41) is 0. The molecule has 1 fully saturated rings. The van der Waals surface area contributed by atoms with Crippen LogP contribution in [-0.2, 0) is 14.2 Å². The second-order valence-electron chi connectivity index (χ2n) is 3.27. The summed E-state index contributed by atoms with van der Waals surface area (Å²) in [6, 6.07) is 3.37. The van der Waals surface area contributed by atoms with Crippen LogP contribution in [0.3, 0.4) is 0 Å². The molecule has 0 N–H and O–H groups in total. The summed E-state index contributed by atoms with van der Waals surface area (Å²) in [5.74, 6) is -0.366. The molecule has 1 aliphatic heterocycles. The van der Waals surface area contributed by atoms with Crippen LogP contribution >= 0.6 is 0 Å². The van der Waals surface area contributed by atoms with Gasteiger partial charge in [-0.1, -0.05) is 0 Å². The third kappa shape index (κ3) is 2.37. The van der Waals surface area contributed by atoms with E-state index in [1.165, 1.54) is 6.20 Å². The number of hydrogen-bond acceptors (Lipinski definition) is 5. The van der Waals surface area contributed by atoms with Crippen LogP contribution in [0.15, 0.2) is 18.3 Å². The van der Waals surface area contributed by atoms with Crippen LogP contribution in [0.1, 0.15) is 29.3 Å². The molecule has 1 aliphatic rings. The van der Waals surface area contributed by atoms with Crippen molar-refractivity contribution in [2.75, 3.05) is 19.8 Å². The Bertz CT molecular complexity index is 357. The zero-order valence-electron chi connectivity index (χ0n) is 9.01. The Balaban J connectivity index is 2.06. The molecule has 0 aliphatic carbocycles. The first kappa shape index (κ1) is 11.0. The Labute approximate surface area is 93.3 Å². The van der Waals surface area contributed by atoms with Crippen molar-refractivity contribution >= 4 is 5.97 Å². The van der Waals surface area contributed by atoms with Gasteiger partial charge in [-0.3, -0.25) is 4.98 Å². The minimum Gasteiger partial charge on any atom is -0.462 e. The molecule has 2 rings (SSSR count). The van der Waals surface area contributed by atoms with Gasteiger partial charge in [-0.05, 0) is 19.1 Å². The molecule has 0 saturated carbocycles. The van der Waals surface area contributed by atoms with Crippen LogP contribution in [0, 0.1) is 0 Å². The van der Waals surface area contributed by atoms with Gasteiger partial charge < -0.3 is 14.2 Å². The van der Waals surface area contributed by atoms with E-state index in [4.69, 9.17) is 14.2 Å². The maximum atomic E-state index is 11.4. The molecule has 16 heavy (non-hydrogen) atoms. The molecular formula is C11H13NO4. The van der Waals surface area contributed by atoms with Gasteiger partial charge in [0, 0.05) is 6.20 Å². The second-order valence-corrected chi connectivity index (χ2v) is 3.27. The summed E-state index contributed by atoms with van der Waals surface area (Å²) in [4.78, 5) is 15.5. The van der Waals surface area contributed by atoms with E-state index in [9.17, 15) is 4.79 Å². The number of esters is 1. The van der Waals surface area contributed by atoms with Crippen molar-refractivity contribution in [2.45, 2.75) is 13.2 Å². The third-order valence-corrected chi connectivity index (χ3v) is 2.16. The van der Waals surface area contributed by atoms with E-state index in [-0.39, 0.29) is 5.97 Å². The van der Waals surface area contributed by atoms with Crippen LogP contribution in [-0.4, -0.2) is 30.8 Å². The lowest BCUT2D eigenvalue weighted by Crippen LogP contribution is -2.07. The first-order chi connectivity index (χ1) is 7.81. The average Bonchev–Trinajstić information content (AvgIpc) is 2.83. The van der Waals surface area contributed by atoms with E-state index in [0.717, 1.165) is 0 Å². The zero-order valence-corrected chi connectivity index (χ0v) is 9.01. The van der Waals surface area contributed by atoms with Crippen LogP contribution < -0.4 is 0 Å². The summed E-state index contributed by atoms with van der Waals surface area (Å²) >= 11 is 0. The molecule has 0 unspecified atom stereocenters. The monoisotopic (exact) mass is 223 g/mol. The summed E-state index contributed by atoms with van der Waals surface area (Å²) < 4.78 is 15.4. The number of carbonyl (C=O) groups excluding carboxylic acids is 1. The van der Waals surface area contributed by atoms with Gasteiger partial charge >= 0.3 is 5.97 Å². The fraction of sp³-hybridized carbons (Fsp3) is 0.455. The van der Waals surface area contributed by atoms with E-state index in [1.807, 2.05) is 0 Å². The molecule has 0 atom stereocenters. The minimum atomic E-state index is -0.406. The molecule has 0 bridgehead atoms. The summed E-state index contributed by atoms with van der Waals surface area (Å²) in [5.41, 5.74) is 1.11. The lowest BCUT2D eigenvalue weighted by molar-refractivity contribution is -0.0473. The Morgan fingerprint density at radius 2 is 2.25 bits per heavy atom. The molecule has 0 aromatic carbocycles. The van der Waals surface area contributed by atoms with Crippen molar-refractivity contribution in [3.63, 3.8) is 0 Å². The van der Waals surface area contributed by atoms with Gasteiger partial charge in [0.05, 0.1) is 31.1 Å². The topological polar surface area (TPSA) is 57.7 Å². The molecule has 5 nitrogen and oxygen atoms in total. The predicted octanol–water partition coefficient (Wildman–Crippen LogP) is 1.30. The SMILES string of the molecule is CCOC(=O)c1ccc(C2OCCO2)nc1. The van der Waals surface area contributed by atoms with Crippen molar-refractivity contribution < 1.29 is 19.0 Å². The fourth-order valence-corrected chi connectivity index (χ4v) is 1.41. The van der Waals surface area contributed by atoms with Crippen molar-refractivity contribution in [3.8, 4) is 0 Å². The highest BCUT2D eigenvalue weighted by Crippen LogP contribution is 2.21. The number of rotatable bonds is 3. The summed E-state index contributed by atoms with van der Waals surface area (Å²) in [6.45, 7) is 3.27. The minimum absolute atomic E-state index is 0.357. The number of hydrogen-bond donors (Lipinski definition) is 0. The molecule has 1 aromatic heterocycles. The van der Waals surface area contributed by atoms with Gasteiger partial charge in [0.2, 0.25) is 6.29 Å². The molecule has 86 valence electrons. The van der Waals surface area contributed by atoms with Crippen molar-refractivity contribution in [1.29, 1.82) is 0 Å². The van der Waals surface area contributed by atoms with E-state index in [1.54, 1.807) is 19.1 Å². The zero-order chi connectivity index (χ0) is 11.4. The van der Waals surface area contributed by atoms with Crippen molar-refractivity contribution in [1.82, 2.24) is 4.98 Å². The standard InChI is InChI=1S/C11H13NO4/c1-2-14-10(13)8-3-4-9(12-7-8)11-15-5-6-16-11/h3-4,7,11H,2,5-6H2,1H3. The van der Waals surface area contributed by atoms with Crippen molar-refractivity contribution in [3.05, 3.63) is 29.6 Å². The number of ether oxygens (including phenoxy) is 3. The van der Waals surface area contributed by atoms with Crippen LogP contribution in [0.5, 0.6) is 0 Å². The highest BCUT2D eigenvalue weighted by molar-refractivity contribution is 5.88.